The molecule has 1 saturated heterocycles. The maximum absolute atomic E-state index is 12.5. The molecule has 5 aliphatic carbocycles. The number of aliphatic hydroxyl groups excluding tert-OH is 4. The van der Waals surface area contributed by atoms with Crippen molar-refractivity contribution in [1.29, 1.82) is 0 Å². The van der Waals surface area contributed by atoms with Gasteiger partial charge < -0.3 is 35.0 Å². The fourth-order valence-corrected chi connectivity index (χ4v) is 11.2. The Bertz CT molecular complexity index is 867. The van der Waals surface area contributed by atoms with Gasteiger partial charge in [0.25, 0.3) is 0 Å². The quantitative estimate of drug-likeness (QED) is 0.340. The zero-order valence-electron chi connectivity index (χ0n) is 23.0. The van der Waals surface area contributed by atoms with Crippen LogP contribution in [0.4, 0.5) is 0 Å². The van der Waals surface area contributed by atoms with Gasteiger partial charge in [-0.05, 0) is 104 Å². The molecule has 0 amide bonds. The first-order valence-electron chi connectivity index (χ1n) is 15.3. The molecule has 5 saturated carbocycles. The van der Waals surface area contributed by atoms with Crippen LogP contribution < -0.4 is 0 Å². The van der Waals surface area contributed by atoms with E-state index < -0.39 is 42.9 Å². The lowest BCUT2D eigenvalue weighted by atomic mass is 9.47. The number of hydrogen-bond acceptors (Lipinski definition) is 7. The lowest BCUT2D eigenvalue weighted by Crippen LogP contribution is -2.61. The first-order chi connectivity index (χ1) is 17.6. The molecular formula is C30H50O7. The van der Waals surface area contributed by atoms with E-state index in [9.17, 15) is 25.5 Å². The van der Waals surface area contributed by atoms with E-state index in [-0.39, 0.29) is 16.9 Å². The molecule has 1 heterocycles. The van der Waals surface area contributed by atoms with E-state index in [2.05, 4.69) is 20.8 Å². The third kappa shape index (κ3) is 3.57. The largest absolute Gasteiger partial charge is 0.394 e. The van der Waals surface area contributed by atoms with Crippen LogP contribution in [0.5, 0.6) is 0 Å². The average molecular weight is 523 g/mol. The van der Waals surface area contributed by atoms with Gasteiger partial charge in [0.15, 0.2) is 6.29 Å². The first-order valence-corrected chi connectivity index (χ1v) is 15.3. The van der Waals surface area contributed by atoms with Crippen LogP contribution in [0.25, 0.3) is 0 Å². The van der Waals surface area contributed by atoms with Crippen LogP contribution in [-0.2, 0) is 9.47 Å². The summed E-state index contributed by atoms with van der Waals surface area (Å²) < 4.78 is 11.8. The standard InChI is InChI=1S/C30H50O7/c1-4-5-17(2)20-9-11-30(35)22-7-6-18-14-19(36-26-25(34)24(33)23(32)21(15-31)37-26)8-10-28(18)16-29(22,28)13-12-27(20,30)3/h17-26,31-35H,4-16H2,1-3H3. The molecule has 6 rings (SSSR count). The van der Waals surface area contributed by atoms with E-state index in [0.29, 0.717) is 29.1 Å². The van der Waals surface area contributed by atoms with Crippen LogP contribution >= 0.6 is 0 Å². The smallest absolute Gasteiger partial charge is 0.186 e. The van der Waals surface area contributed by atoms with Crippen LogP contribution in [0.3, 0.4) is 0 Å². The van der Waals surface area contributed by atoms with E-state index in [1.807, 2.05) is 0 Å². The molecule has 14 unspecified atom stereocenters. The molecule has 6 fully saturated rings. The monoisotopic (exact) mass is 522 g/mol. The molecular weight excluding hydrogens is 472 g/mol. The molecule has 212 valence electrons. The number of aliphatic hydroxyl groups is 5. The SMILES string of the molecule is CCCC(C)C1CCC2(O)C3CCC4CC(OC5OC(CO)C(O)C(O)C5O)CCC45CC35CCC12C. The summed E-state index contributed by atoms with van der Waals surface area (Å²) in [5.41, 5.74) is 0.101. The fraction of sp³-hybridized carbons (Fsp3) is 1.00. The topological polar surface area (TPSA) is 120 Å². The van der Waals surface area contributed by atoms with Crippen molar-refractivity contribution in [1.82, 2.24) is 0 Å². The molecule has 7 heteroatoms. The Labute approximate surface area is 221 Å². The van der Waals surface area contributed by atoms with Gasteiger partial charge in [0.05, 0.1) is 18.3 Å². The molecule has 1 aliphatic heterocycles. The summed E-state index contributed by atoms with van der Waals surface area (Å²) >= 11 is 0. The minimum absolute atomic E-state index is 0.0392. The van der Waals surface area contributed by atoms with Crippen LogP contribution in [0.15, 0.2) is 0 Å². The number of rotatable bonds is 6. The Hall–Kier alpha value is -0.280. The molecule has 0 aromatic heterocycles. The third-order valence-corrected chi connectivity index (χ3v) is 13.1. The predicted octanol–water partition coefficient (Wildman–Crippen LogP) is 3.14. The Morgan fingerprint density at radius 2 is 1.73 bits per heavy atom. The number of ether oxygens (including phenoxy) is 2. The Kier molecular flexibility index (Phi) is 6.63. The van der Waals surface area contributed by atoms with Gasteiger partial charge in [0, 0.05) is 0 Å². The summed E-state index contributed by atoms with van der Waals surface area (Å²) in [5, 5.41) is 52.7. The molecule has 14 atom stereocenters. The maximum atomic E-state index is 12.5. The Balaban J connectivity index is 1.15. The highest BCUT2D eigenvalue weighted by atomic mass is 16.7. The maximum Gasteiger partial charge on any atom is 0.186 e. The summed E-state index contributed by atoms with van der Waals surface area (Å²) in [6, 6.07) is 0. The summed E-state index contributed by atoms with van der Waals surface area (Å²) in [4.78, 5) is 0. The van der Waals surface area contributed by atoms with Crippen molar-refractivity contribution in [2.24, 2.45) is 39.9 Å². The molecule has 2 spiro atoms. The van der Waals surface area contributed by atoms with Crippen molar-refractivity contribution in [3.63, 3.8) is 0 Å². The minimum atomic E-state index is -1.40. The van der Waals surface area contributed by atoms with Gasteiger partial charge in [-0.3, -0.25) is 0 Å². The van der Waals surface area contributed by atoms with Crippen LogP contribution in [-0.4, -0.2) is 74.6 Å². The van der Waals surface area contributed by atoms with Crippen LogP contribution in [0.2, 0.25) is 0 Å². The van der Waals surface area contributed by atoms with E-state index >= 15 is 0 Å². The average Bonchev–Trinajstić information content (AvgIpc) is 3.46. The van der Waals surface area contributed by atoms with E-state index in [4.69, 9.17) is 9.47 Å². The molecule has 0 bridgehead atoms. The van der Waals surface area contributed by atoms with E-state index in [1.165, 1.54) is 32.1 Å². The summed E-state index contributed by atoms with van der Waals surface area (Å²) in [5.74, 6) is 2.27. The van der Waals surface area contributed by atoms with Gasteiger partial charge in [0.1, 0.15) is 24.4 Å². The van der Waals surface area contributed by atoms with Crippen LogP contribution in [0, 0.1) is 39.9 Å². The second kappa shape index (κ2) is 9.12. The summed E-state index contributed by atoms with van der Waals surface area (Å²) in [7, 11) is 0. The second-order valence-corrected chi connectivity index (χ2v) is 14.3. The van der Waals surface area contributed by atoms with Crippen molar-refractivity contribution in [2.75, 3.05) is 6.61 Å². The van der Waals surface area contributed by atoms with Crippen molar-refractivity contribution in [3.8, 4) is 0 Å². The van der Waals surface area contributed by atoms with Crippen molar-refractivity contribution in [3.05, 3.63) is 0 Å². The zero-order chi connectivity index (χ0) is 26.4. The molecule has 37 heavy (non-hydrogen) atoms. The third-order valence-electron chi connectivity index (χ3n) is 13.1. The normalized spacial score (nSPS) is 57.6. The van der Waals surface area contributed by atoms with E-state index in [0.717, 1.165) is 44.9 Å². The molecule has 0 aromatic carbocycles. The highest BCUT2D eigenvalue weighted by Gasteiger charge is 2.81. The Morgan fingerprint density at radius 3 is 2.46 bits per heavy atom. The van der Waals surface area contributed by atoms with E-state index in [1.54, 1.807) is 0 Å². The van der Waals surface area contributed by atoms with Gasteiger partial charge in [-0.1, -0.05) is 33.6 Å². The van der Waals surface area contributed by atoms with Gasteiger partial charge >= 0.3 is 0 Å². The molecule has 0 aromatic rings. The van der Waals surface area contributed by atoms with Gasteiger partial charge in [-0.15, -0.1) is 0 Å². The number of fused-ring (bicyclic) bond motifs is 2. The first kappa shape index (κ1) is 26.9. The lowest BCUT2D eigenvalue weighted by Gasteiger charge is -2.60. The minimum Gasteiger partial charge on any atom is -0.394 e. The lowest BCUT2D eigenvalue weighted by molar-refractivity contribution is -0.315. The van der Waals surface area contributed by atoms with Crippen molar-refractivity contribution < 1.29 is 35.0 Å². The van der Waals surface area contributed by atoms with Crippen molar-refractivity contribution in [2.45, 2.75) is 140 Å². The van der Waals surface area contributed by atoms with Crippen molar-refractivity contribution >= 4 is 0 Å². The number of hydrogen-bond donors (Lipinski definition) is 5. The molecule has 0 radical (unpaired) electrons. The molecule has 6 aliphatic rings. The highest BCUT2D eigenvalue weighted by Crippen LogP contribution is 2.86. The second-order valence-electron chi connectivity index (χ2n) is 14.3. The fourth-order valence-electron chi connectivity index (χ4n) is 11.2. The molecule has 5 N–H and O–H groups in total. The van der Waals surface area contributed by atoms with Gasteiger partial charge in [-0.25, -0.2) is 0 Å². The zero-order valence-corrected chi connectivity index (χ0v) is 23.0. The molecule has 7 nitrogen and oxygen atoms in total. The highest BCUT2D eigenvalue weighted by molar-refractivity contribution is 5.30. The van der Waals surface area contributed by atoms with Gasteiger partial charge in [-0.2, -0.15) is 0 Å². The summed E-state index contributed by atoms with van der Waals surface area (Å²) in [6.45, 7) is 6.69. The van der Waals surface area contributed by atoms with Crippen LogP contribution in [0.1, 0.15) is 97.8 Å². The Morgan fingerprint density at radius 1 is 0.946 bits per heavy atom. The predicted molar refractivity (Wildman–Crippen MR) is 137 cm³/mol. The van der Waals surface area contributed by atoms with Gasteiger partial charge in [0.2, 0.25) is 0 Å². The summed E-state index contributed by atoms with van der Waals surface area (Å²) in [6.07, 6.45) is 7.20.